The van der Waals surface area contributed by atoms with E-state index >= 15 is 0 Å². The Labute approximate surface area is 153 Å². The number of carbonyl (C=O) groups excluding carboxylic acids is 1. The van der Waals surface area contributed by atoms with Crippen LogP contribution in [-0.2, 0) is 17.6 Å². The maximum Gasteiger partial charge on any atom is 0.258 e. The Morgan fingerprint density at radius 1 is 1.15 bits per heavy atom. The second kappa shape index (κ2) is 6.87. The van der Waals surface area contributed by atoms with Crippen molar-refractivity contribution in [2.45, 2.75) is 39.2 Å². The van der Waals surface area contributed by atoms with Gasteiger partial charge in [0.05, 0.1) is 0 Å². The highest BCUT2D eigenvalue weighted by atomic mass is 16.5. The summed E-state index contributed by atoms with van der Waals surface area (Å²) in [7, 11) is 0. The molecule has 1 heterocycles. The molecule has 0 bridgehead atoms. The summed E-state index contributed by atoms with van der Waals surface area (Å²) in [6.45, 7) is 4.20. The molecule has 4 heteroatoms. The standard InChI is InChI=1S/C22H24N2O2/c1-14-3-7-17(8-4-14)26-13-22(25)23-16-6-9-18-19-11-15(2)5-10-20(19)24-21(18)12-16/h3-5,7-8,10-11,16,24H,6,9,12-13H2,1-2H3,(H,23,25). The quantitative estimate of drug-likeness (QED) is 0.753. The molecule has 1 atom stereocenters. The lowest BCUT2D eigenvalue weighted by atomic mass is 9.91. The molecule has 0 saturated heterocycles. The highest BCUT2D eigenvalue weighted by Gasteiger charge is 2.23. The van der Waals surface area contributed by atoms with Crippen molar-refractivity contribution in [1.29, 1.82) is 0 Å². The first-order chi connectivity index (χ1) is 12.6. The molecule has 1 aliphatic carbocycles. The summed E-state index contributed by atoms with van der Waals surface area (Å²) < 4.78 is 5.58. The van der Waals surface area contributed by atoms with E-state index in [4.69, 9.17) is 4.74 Å². The minimum atomic E-state index is -0.0639. The van der Waals surface area contributed by atoms with Crippen molar-refractivity contribution >= 4 is 16.8 Å². The number of carbonyl (C=O) groups is 1. The van der Waals surface area contributed by atoms with Gasteiger partial charge in [-0.3, -0.25) is 4.79 Å². The molecule has 4 rings (SSSR count). The zero-order chi connectivity index (χ0) is 18.1. The molecule has 1 aromatic heterocycles. The zero-order valence-corrected chi connectivity index (χ0v) is 15.3. The molecular weight excluding hydrogens is 324 g/mol. The Kier molecular flexibility index (Phi) is 4.41. The van der Waals surface area contributed by atoms with E-state index in [0.717, 1.165) is 25.0 Å². The van der Waals surface area contributed by atoms with Crippen LogP contribution in [0.5, 0.6) is 5.75 Å². The van der Waals surface area contributed by atoms with Crippen LogP contribution in [0.25, 0.3) is 10.9 Å². The monoisotopic (exact) mass is 348 g/mol. The molecule has 2 aromatic carbocycles. The highest BCUT2D eigenvalue weighted by Crippen LogP contribution is 2.29. The molecular formula is C22H24N2O2. The topological polar surface area (TPSA) is 54.1 Å². The number of H-pyrrole nitrogens is 1. The zero-order valence-electron chi connectivity index (χ0n) is 15.3. The number of ether oxygens (including phenoxy) is 1. The highest BCUT2D eigenvalue weighted by molar-refractivity contribution is 5.85. The Hall–Kier alpha value is -2.75. The summed E-state index contributed by atoms with van der Waals surface area (Å²) in [4.78, 5) is 15.8. The van der Waals surface area contributed by atoms with Crippen molar-refractivity contribution in [3.63, 3.8) is 0 Å². The second-order valence-corrected chi connectivity index (χ2v) is 7.24. The van der Waals surface area contributed by atoms with Crippen molar-refractivity contribution in [3.05, 3.63) is 64.8 Å². The van der Waals surface area contributed by atoms with Gasteiger partial charge in [-0.2, -0.15) is 0 Å². The number of hydrogen-bond acceptors (Lipinski definition) is 2. The van der Waals surface area contributed by atoms with E-state index in [-0.39, 0.29) is 18.6 Å². The van der Waals surface area contributed by atoms with Crippen LogP contribution in [0.4, 0.5) is 0 Å². The molecule has 134 valence electrons. The first-order valence-electron chi connectivity index (χ1n) is 9.17. The Morgan fingerprint density at radius 3 is 2.73 bits per heavy atom. The summed E-state index contributed by atoms with van der Waals surface area (Å²) >= 11 is 0. The van der Waals surface area contributed by atoms with Gasteiger partial charge < -0.3 is 15.0 Å². The molecule has 26 heavy (non-hydrogen) atoms. The van der Waals surface area contributed by atoms with Crippen molar-refractivity contribution in [2.24, 2.45) is 0 Å². The second-order valence-electron chi connectivity index (χ2n) is 7.24. The van der Waals surface area contributed by atoms with Gasteiger partial charge >= 0.3 is 0 Å². The minimum absolute atomic E-state index is 0.0539. The summed E-state index contributed by atoms with van der Waals surface area (Å²) in [5, 5.41) is 4.44. The fourth-order valence-corrected chi connectivity index (χ4v) is 3.72. The molecule has 0 fully saturated rings. The van der Waals surface area contributed by atoms with Gasteiger partial charge in [-0.1, -0.05) is 29.3 Å². The maximum atomic E-state index is 12.2. The predicted octanol–water partition coefficient (Wildman–Crippen LogP) is 3.84. The third-order valence-electron chi connectivity index (χ3n) is 5.10. The van der Waals surface area contributed by atoms with Crippen LogP contribution in [0, 0.1) is 13.8 Å². The van der Waals surface area contributed by atoms with Crippen molar-refractivity contribution in [1.82, 2.24) is 10.3 Å². The average molecular weight is 348 g/mol. The third kappa shape index (κ3) is 3.45. The molecule has 0 radical (unpaired) electrons. The molecule has 0 aliphatic heterocycles. The van der Waals surface area contributed by atoms with Crippen molar-refractivity contribution in [3.8, 4) is 5.75 Å². The van der Waals surface area contributed by atoms with E-state index in [1.807, 2.05) is 31.2 Å². The van der Waals surface area contributed by atoms with Gasteiger partial charge in [-0.15, -0.1) is 0 Å². The normalized spacial score (nSPS) is 16.3. The fraction of sp³-hybridized carbons (Fsp3) is 0.318. The maximum absolute atomic E-state index is 12.2. The van der Waals surface area contributed by atoms with Crippen LogP contribution in [0.15, 0.2) is 42.5 Å². The van der Waals surface area contributed by atoms with Gasteiger partial charge in [-0.25, -0.2) is 0 Å². The average Bonchev–Trinajstić information content (AvgIpc) is 2.98. The predicted molar refractivity (Wildman–Crippen MR) is 104 cm³/mol. The lowest BCUT2D eigenvalue weighted by molar-refractivity contribution is -0.123. The van der Waals surface area contributed by atoms with Crippen LogP contribution >= 0.6 is 0 Å². The van der Waals surface area contributed by atoms with Crippen LogP contribution in [0.1, 0.15) is 28.8 Å². The molecule has 1 aliphatic rings. The number of hydrogen-bond donors (Lipinski definition) is 2. The van der Waals surface area contributed by atoms with E-state index in [9.17, 15) is 4.79 Å². The van der Waals surface area contributed by atoms with Crippen LogP contribution in [0.3, 0.4) is 0 Å². The first-order valence-corrected chi connectivity index (χ1v) is 9.17. The largest absolute Gasteiger partial charge is 0.484 e. The number of rotatable bonds is 4. The van der Waals surface area contributed by atoms with Crippen LogP contribution in [0.2, 0.25) is 0 Å². The van der Waals surface area contributed by atoms with E-state index in [0.29, 0.717) is 0 Å². The number of benzene rings is 2. The van der Waals surface area contributed by atoms with E-state index in [1.54, 1.807) is 0 Å². The first kappa shape index (κ1) is 16.7. The number of aromatic amines is 1. The minimum Gasteiger partial charge on any atom is -0.484 e. The third-order valence-corrected chi connectivity index (χ3v) is 5.10. The number of amides is 1. The molecule has 4 nitrogen and oxygen atoms in total. The molecule has 1 unspecified atom stereocenters. The molecule has 0 spiro atoms. The van der Waals surface area contributed by atoms with Crippen molar-refractivity contribution < 1.29 is 9.53 Å². The van der Waals surface area contributed by atoms with E-state index in [2.05, 4.69) is 35.4 Å². The Balaban J connectivity index is 1.37. The van der Waals surface area contributed by atoms with Gasteiger partial charge in [-0.05, 0) is 56.5 Å². The number of aromatic nitrogens is 1. The van der Waals surface area contributed by atoms with Crippen LogP contribution < -0.4 is 10.1 Å². The van der Waals surface area contributed by atoms with Gasteiger partial charge in [0.15, 0.2) is 6.61 Å². The molecule has 0 saturated carbocycles. The number of aryl methyl sites for hydroxylation is 3. The number of fused-ring (bicyclic) bond motifs is 3. The lowest BCUT2D eigenvalue weighted by Crippen LogP contribution is -2.41. The SMILES string of the molecule is Cc1ccc(OCC(=O)NC2CCc3c([nH]c4ccc(C)cc34)C2)cc1. The Morgan fingerprint density at radius 2 is 1.92 bits per heavy atom. The summed E-state index contributed by atoms with van der Waals surface area (Å²) in [5.41, 5.74) is 6.30. The summed E-state index contributed by atoms with van der Waals surface area (Å²) in [6, 6.07) is 14.4. The van der Waals surface area contributed by atoms with Gasteiger partial charge in [0.25, 0.3) is 5.91 Å². The number of nitrogens with one attached hydrogen (secondary N) is 2. The van der Waals surface area contributed by atoms with Gasteiger partial charge in [0.1, 0.15) is 5.75 Å². The van der Waals surface area contributed by atoms with E-state index in [1.165, 1.54) is 33.3 Å². The lowest BCUT2D eigenvalue weighted by Gasteiger charge is -2.23. The van der Waals surface area contributed by atoms with Crippen LogP contribution in [-0.4, -0.2) is 23.5 Å². The summed E-state index contributed by atoms with van der Waals surface area (Å²) in [6.07, 6.45) is 2.80. The summed E-state index contributed by atoms with van der Waals surface area (Å²) in [5.74, 6) is 0.661. The molecule has 1 amide bonds. The Bertz CT molecular complexity index is 941. The fourth-order valence-electron chi connectivity index (χ4n) is 3.72. The van der Waals surface area contributed by atoms with Gasteiger partial charge in [0, 0.05) is 29.1 Å². The van der Waals surface area contributed by atoms with E-state index < -0.39 is 0 Å². The van der Waals surface area contributed by atoms with Crippen molar-refractivity contribution in [2.75, 3.05) is 6.61 Å². The molecule has 3 aromatic rings. The smallest absolute Gasteiger partial charge is 0.258 e. The molecule has 2 N–H and O–H groups in total. The van der Waals surface area contributed by atoms with Gasteiger partial charge in [0.2, 0.25) is 0 Å².